The standard InChI is InChI=1S/C96H92N26O21S4/c1-59-47-63(85(140-43-39-124)55-79(59)118-112-69-19-15-67(16-20-69)108-110-71-23-29-75(30-24-71)144(128,129)130)51-91-100-92(52-64-48-60(2)80(56-86(64)141-44-40-125)120-116-77-33-27-73(53-89(77)146(134,135)136)114-106-65-11-7-5-8-12-65)102-93(101-91)97-35-36-122(37-38-123)96-104-94(98-83-49-61(3)81(57-87(83)142-45-41-126)119-113-70-21-17-68(18-22-70)109-111-72-25-31-76(32-26-72)145(131,132)133)103-95(105-96)99-84-50-62(4)82(58-88(84)143-46-42-127)121-117-78-34-28-74(54-90(78)147(137,138)139)115-107-66-13-9-6-10-14-66/h5-34,47-50,53-58,123-127H,35-46,51-52H2,1-4H3,(H,128,129,130)(H,131,132,133)(H,134,135,136)(H,137,138,139)(H,97,100,101,102)(H2,98,99,103,104,105). The first kappa shape index (κ1) is 106. The van der Waals surface area contributed by atoms with Crippen molar-refractivity contribution < 1.29 is 96.4 Å². The normalized spacial score (nSPS) is 12.2. The molecule has 51 heteroatoms. The molecule has 0 unspecified atom stereocenters. The van der Waals surface area contributed by atoms with E-state index in [-0.39, 0.29) is 173 Å². The predicted molar refractivity (Wildman–Crippen MR) is 539 cm³/mol. The van der Waals surface area contributed by atoms with Crippen molar-refractivity contribution in [2.24, 2.45) is 81.8 Å². The summed E-state index contributed by atoms with van der Waals surface area (Å²) in [5.41, 5.74) is 7.32. The molecule has 0 saturated heterocycles. The average Bonchev–Trinajstić information content (AvgIpc) is 0.808. The Bertz CT molecular complexity index is 7830. The van der Waals surface area contributed by atoms with Crippen molar-refractivity contribution in [1.29, 1.82) is 0 Å². The first-order valence-electron chi connectivity index (χ1n) is 44.4. The van der Waals surface area contributed by atoms with Crippen molar-refractivity contribution in [3.05, 3.63) is 288 Å². The van der Waals surface area contributed by atoms with Crippen LogP contribution in [0.1, 0.15) is 45.0 Å². The zero-order valence-electron chi connectivity index (χ0n) is 78.3. The van der Waals surface area contributed by atoms with E-state index in [4.69, 9.17) is 48.9 Å². The number of aliphatic hydroxyl groups is 5. The molecule has 2 heterocycles. The van der Waals surface area contributed by atoms with Crippen molar-refractivity contribution in [3.8, 4) is 23.0 Å². The molecule has 12 N–H and O–H groups in total. The number of benzene rings is 12. The largest absolute Gasteiger partial charge is 0.491 e. The van der Waals surface area contributed by atoms with Gasteiger partial charge in [0, 0.05) is 67.9 Å². The van der Waals surface area contributed by atoms with E-state index in [0.29, 0.717) is 90.3 Å². The van der Waals surface area contributed by atoms with E-state index < -0.39 is 83.3 Å². The highest BCUT2D eigenvalue weighted by Crippen LogP contribution is 2.43. The first-order valence-corrected chi connectivity index (χ1v) is 50.1. The van der Waals surface area contributed by atoms with Gasteiger partial charge in [-0.05, 0) is 232 Å². The molecule has 0 bridgehead atoms. The third kappa shape index (κ3) is 30.5. The van der Waals surface area contributed by atoms with Gasteiger partial charge in [-0.3, -0.25) is 18.2 Å². The van der Waals surface area contributed by atoms with E-state index in [2.05, 4.69) is 97.8 Å². The van der Waals surface area contributed by atoms with Gasteiger partial charge >= 0.3 is 0 Å². The van der Waals surface area contributed by atoms with Gasteiger partial charge in [0.15, 0.2) is 0 Å². The molecule has 14 rings (SSSR count). The summed E-state index contributed by atoms with van der Waals surface area (Å²) < 4.78 is 162. The molecule has 14 aromatic rings. The third-order valence-electron chi connectivity index (χ3n) is 20.7. The first-order chi connectivity index (χ1) is 70.7. The van der Waals surface area contributed by atoms with Crippen LogP contribution in [0.25, 0.3) is 0 Å². The van der Waals surface area contributed by atoms with Crippen molar-refractivity contribution in [2.45, 2.75) is 60.1 Å². The van der Waals surface area contributed by atoms with Crippen LogP contribution in [-0.4, -0.2) is 186 Å². The maximum atomic E-state index is 12.9. The lowest BCUT2D eigenvalue weighted by Crippen LogP contribution is -2.34. The molecule has 756 valence electrons. The van der Waals surface area contributed by atoms with Gasteiger partial charge in [0.1, 0.15) is 82.2 Å². The molecular formula is C96H92N26O21S4. The number of ether oxygens (including phenoxy) is 4. The van der Waals surface area contributed by atoms with Crippen LogP contribution in [0.15, 0.2) is 344 Å². The minimum Gasteiger partial charge on any atom is -0.491 e. The Labute approximate surface area is 840 Å². The van der Waals surface area contributed by atoms with Crippen LogP contribution in [0.2, 0.25) is 0 Å². The number of hydrogen-bond donors (Lipinski definition) is 12. The predicted octanol–water partition coefficient (Wildman–Crippen LogP) is 20.7. The molecule has 0 saturated carbocycles. The van der Waals surface area contributed by atoms with E-state index in [0.717, 1.165) is 12.1 Å². The maximum Gasteiger partial charge on any atom is 0.296 e. The van der Waals surface area contributed by atoms with Gasteiger partial charge in [-0.25, -0.2) is 4.98 Å². The van der Waals surface area contributed by atoms with E-state index in [1.54, 1.807) is 178 Å². The molecule has 12 aromatic carbocycles. The van der Waals surface area contributed by atoms with Gasteiger partial charge in [0.25, 0.3) is 40.5 Å². The second-order valence-corrected chi connectivity index (χ2v) is 37.2. The molecule has 0 aliphatic heterocycles. The summed E-state index contributed by atoms with van der Waals surface area (Å²) in [6.07, 6.45) is -0.157. The molecule has 2 aromatic heterocycles. The average molecular weight is 2070 g/mol. The van der Waals surface area contributed by atoms with Gasteiger partial charge < -0.3 is 65.3 Å². The van der Waals surface area contributed by atoms with Crippen LogP contribution in [-0.2, 0) is 53.3 Å². The van der Waals surface area contributed by atoms with Crippen LogP contribution >= 0.6 is 0 Å². The highest BCUT2D eigenvalue weighted by molar-refractivity contribution is 7.86. The fraction of sp³-hybridized carbons (Fsp3) is 0.188. The van der Waals surface area contributed by atoms with Gasteiger partial charge in [-0.15, -0.1) is 10.2 Å². The Morgan fingerprint density at radius 1 is 0.286 bits per heavy atom. The summed E-state index contributed by atoms with van der Waals surface area (Å²) in [7, 11) is -18.7. The molecule has 0 amide bonds. The van der Waals surface area contributed by atoms with Crippen LogP contribution in [0.4, 0.5) is 126 Å². The van der Waals surface area contributed by atoms with Gasteiger partial charge in [-0.1, -0.05) is 36.4 Å². The smallest absolute Gasteiger partial charge is 0.296 e. The van der Waals surface area contributed by atoms with E-state index in [9.17, 15) is 77.4 Å². The van der Waals surface area contributed by atoms with Crippen LogP contribution < -0.4 is 39.8 Å². The fourth-order valence-electron chi connectivity index (χ4n) is 13.6. The number of nitrogens with one attached hydrogen (secondary N) is 3. The number of rotatable bonds is 47. The lowest BCUT2D eigenvalue weighted by molar-refractivity contribution is 0.200. The zero-order valence-corrected chi connectivity index (χ0v) is 81.6. The molecule has 0 aliphatic carbocycles. The van der Waals surface area contributed by atoms with E-state index in [1.165, 1.54) is 84.9 Å². The van der Waals surface area contributed by atoms with Crippen LogP contribution in [0, 0.1) is 27.7 Å². The van der Waals surface area contributed by atoms with Crippen molar-refractivity contribution in [1.82, 2.24) is 29.9 Å². The summed E-state index contributed by atoms with van der Waals surface area (Å²) >= 11 is 0. The Kier molecular flexibility index (Phi) is 35.7. The Morgan fingerprint density at radius 2 is 0.585 bits per heavy atom. The van der Waals surface area contributed by atoms with E-state index in [1.807, 2.05) is 0 Å². The molecule has 47 nitrogen and oxygen atoms in total. The number of aryl methyl sites for hydroxylation is 4. The highest BCUT2D eigenvalue weighted by atomic mass is 32.2. The number of nitrogens with zero attached hydrogens (tertiary/aromatic N) is 23. The van der Waals surface area contributed by atoms with Gasteiger partial charge in [-0.2, -0.15) is 130 Å². The van der Waals surface area contributed by atoms with Gasteiger partial charge in [0.05, 0.1) is 134 Å². The monoisotopic (exact) mass is 2070 g/mol. The minimum atomic E-state index is -4.94. The zero-order chi connectivity index (χ0) is 104. The molecular weight excluding hydrogens is 1980 g/mol. The van der Waals surface area contributed by atoms with Crippen molar-refractivity contribution in [3.63, 3.8) is 0 Å². The van der Waals surface area contributed by atoms with Crippen LogP contribution in [0.5, 0.6) is 23.0 Å². The number of hydrogen-bond acceptors (Lipinski definition) is 43. The number of anilines is 6. The SMILES string of the molecule is Cc1cc(Cc2nc(Cc3cc(C)c(N=Nc4ccc(N=Nc5ccccc5)cc4S(=O)(=O)O)cc3OCCO)nc(NCCN(CCO)c3nc(Nc4cc(C)c(N=Nc5ccc(N=Nc6ccc(S(=O)(=O)O)cc6)cc5)cc4OCCO)nc(Nc4cc(C)c(N=Nc5ccc(N=Nc6ccccc6)cc5S(=O)(=O)O)cc4OCCO)n3)n2)c(OCCO)cc1N=Nc1ccc(N=Nc2ccc(S(=O)(=O)O)cc2)cc1. The van der Waals surface area contributed by atoms with Gasteiger partial charge in [0.2, 0.25) is 23.8 Å². The fourth-order valence-corrected chi connectivity index (χ4v) is 15.9. The molecule has 0 radical (unpaired) electrons. The van der Waals surface area contributed by atoms with Crippen LogP contribution in [0.3, 0.4) is 0 Å². The van der Waals surface area contributed by atoms with E-state index >= 15 is 0 Å². The summed E-state index contributed by atoms with van der Waals surface area (Å²) in [5, 5.41) is 130. The molecule has 0 atom stereocenters. The number of azo groups is 8. The summed E-state index contributed by atoms with van der Waals surface area (Å²) in [5.74, 6) is 0.534. The Balaban J connectivity index is 0.805. The Morgan fingerprint density at radius 3 is 0.925 bits per heavy atom. The maximum absolute atomic E-state index is 12.9. The third-order valence-corrected chi connectivity index (χ3v) is 24.2. The lowest BCUT2D eigenvalue weighted by Gasteiger charge is -2.23. The Hall–Kier alpha value is -16.7. The molecule has 0 spiro atoms. The minimum absolute atomic E-state index is 0.00799. The molecule has 0 fully saturated rings. The highest BCUT2D eigenvalue weighted by Gasteiger charge is 2.26. The number of aromatic nitrogens is 6. The summed E-state index contributed by atoms with van der Waals surface area (Å²) in [4.78, 5) is 29.3. The van der Waals surface area contributed by atoms with Crippen molar-refractivity contribution in [2.75, 3.05) is 99.9 Å². The topological polar surface area (TPSA) is 670 Å². The second-order valence-electron chi connectivity index (χ2n) is 31.6. The second kappa shape index (κ2) is 49.5. The molecule has 147 heavy (non-hydrogen) atoms. The molecule has 0 aliphatic rings. The quantitative estimate of drug-likeness (QED) is 0.0124. The summed E-state index contributed by atoms with van der Waals surface area (Å²) in [6.45, 7) is 3.56. The number of aliphatic hydroxyl groups excluding tert-OH is 5. The summed E-state index contributed by atoms with van der Waals surface area (Å²) in [6, 6.07) is 61.2. The van der Waals surface area contributed by atoms with Crippen molar-refractivity contribution >= 4 is 167 Å². The lowest BCUT2D eigenvalue weighted by atomic mass is 10.0.